The van der Waals surface area contributed by atoms with Gasteiger partial charge in [-0.15, -0.1) is 0 Å². The van der Waals surface area contributed by atoms with Crippen molar-refractivity contribution in [2.24, 2.45) is 18.9 Å². The second kappa shape index (κ2) is 8.03. The highest BCUT2D eigenvalue weighted by molar-refractivity contribution is 7.91. The summed E-state index contributed by atoms with van der Waals surface area (Å²) >= 11 is 0. The molecule has 0 aliphatic carbocycles. The fourth-order valence-corrected chi connectivity index (χ4v) is 6.59. The van der Waals surface area contributed by atoms with Crippen LogP contribution in [0.5, 0.6) is 0 Å². The molecule has 2 atom stereocenters. The van der Waals surface area contributed by atoms with E-state index in [0.29, 0.717) is 28.6 Å². The number of benzene rings is 2. The van der Waals surface area contributed by atoms with Gasteiger partial charge in [0.25, 0.3) is 0 Å². The van der Waals surface area contributed by atoms with Gasteiger partial charge in [0.1, 0.15) is 10.7 Å². The van der Waals surface area contributed by atoms with Crippen molar-refractivity contribution in [3.8, 4) is 0 Å². The minimum Gasteiger partial charge on any atom is -0.369 e. The van der Waals surface area contributed by atoms with E-state index < -0.39 is 21.1 Å². The number of aryl methyl sites for hydroxylation is 3. The third-order valence-corrected chi connectivity index (χ3v) is 8.25. The summed E-state index contributed by atoms with van der Waals surface area (Å²) in [5.74, 6) is 0.392. The van der Waals surface area contributed by atoms with E-state index >= 15 is 4.39 Å². The molecule has 0 unspecified atom stereocenters. The van der Waals surface area contributed by atoms with E-state index in [1.54, 1.807) is 36.7 Å². The smallest absolute Gasteiger partial charge is 0.212 e. The molecule has 32 heavy (non-hydrogen) atoms. The van der Waals surface area contributed by atoms with Crippen molar-refractivity contribution >= 4 is 26.4 Å². The van der Waals surface area contributed by atoms with Crippen LogP contribution in [0.3, 0.4) is 0 Å². The van der Waals surface area contributed by atoms with Gasteiger partial charge >= 0.3 is 0 Å². The summed E-state index contributed by atoms with van der Waals surface area (Å²) in [7, 11) is -2.37. The third kappa shape index (κ3) is 3.83. The summed E-state index contributed by atoms with van der Waals surface area (Å²) < 4.78 is 43.5. The Hall–Kier alpha value is -2.67. The molecule has 0 radical (unpaired) electrons. The highest BCUT2D eigenvalue weighted by Crippen LogP contribution is 2.31. The second-order valence-electron chi connectivity index (χ2n) is 9.38. The largest absolute Gasteiger partial charge is 0.369 e. The maximum absolute atomic E-state index is 15.2. The van der Waals surface area contributed by atoms with Crippen LogP contribution >= 0.6 is 0 Å². The highest BCUT2D eigenvalue weighted by atomic mass is 32.2. The van der Waals surface area contributed by atoms with E-state index in [1.807, 2.05) is 11.8 Å². The van der Waals surface area contributed by atoms with Crippen LogP contribution in [-0.2, 0) is 16.9 Å². The summed E-state index contributed by atoms with van der Waals surface area (Å²) in [6.45, 7) is 9.39. The number of anilines is 1. The summed E-state index contributed by atoms with van der Waals surface area (Å²) in [5.41, 5.74) is 1.79. The van der Waals surface area contributed by atoms with E-state index in [4.69, 9.17) is 0 Å². The predicted molar refractivity (Wildman–Crippen MR) is 126 cm³/mol. The Morgan fingerprint density at radius 1 is 1.00 bits per heavy atom. The number of aromatic nitrogens is 1. The van der Waals surface area contributed by atoms with Crippen LogP contribution in [-0.4, -0.2) is 26.1 Å². The van der Waals surface area contributed by atoms with Gasteiger partial charge in [-0.25, -0.2) is 12.8 Å². The molecule has 7 heteroatoms. The Morgan fingerprint density at radius 3 is 2.28 bits per heavy atom. The monoisotopic (exact) mass is 456 g/mol. The number of piperidine rings is 1. The lowest BCUT2D eigenvalue weighted by atomic mass is 9.91. The molecule has 1 aliphatic heterocycles. The molecule has 1 fully saturated rings. The van der Waals surface area contributed by atoms with Gasteiger partial charge in [-0.1, -0.05) is 31.5 Å². The molecule has 2 heterocycles. The van der Waals surface area contributed by atoms with Crippen molar-refractivity contribution in [1.82, 2.24) is 4.57 Å². The van der Waals surface area contributed by atoms with Crippen molar-refractivity contribution in [3.05, 3.63) is 63.7 Å². The lowest BCUT2D eigenvalue weighted by Gasteiger charge is -2.36. The first kappa shape index (κ1) is 22.5. The minimum absolute atomic E-state index is 0.0673. The Kier molecular flexibility index (Phi) is 5.65. The third-order valence-electron chi connectivity index (χ3n) is 6.34. The molecular weight excluding hydrogens is 427 g/mol. The van der Waals surface area contributed by atoms with Crippen molar-refractivity contribution in [2.45, 2.75) is 43.9 Å². The van der Waals surface area contributed by atoms with Crippen molar-refractivity contribution in [3.63, 3.8) is 0 Å². The average molecular weight is 457 g/mol. The van der Waals surface area contributed by atoms with Crippen molar-refractivity contribution in [2.75, 3.05) is 18.0 Å². The van der Waals surface area contributed by atoms with E-state index in [-0.39, 0.29) is 15.2 Å². The summed E-state index contributed by atoms with van der Waals surface area (Å²) in [6, 6.07) is 7.86. The molecule has 2 aromatic carbocycles. The first-order valence-electron chi connectivity index (χ1n) is 10.9. The van der Waals surface area contributed by atoms with E-state index in [9.17, 15) is 13.2 Å². The van der Waals surface area contributed by atoms with Crippen molar-refractivity contribution in [1.29, 1.82) is 0 Å². The van der Waals surface area contributed by atoms with Gasteiger partial charge in [0.05, 0.1) is 21.5 Å². The lowest BCUT2D eigenvalue weighted by molar-refractivity contribution is 0.354. The molecule has 0 saturated carbocycles. The van der Waals surface area contributed by atoms with Crippen LogP contribution in [0.4, 0.5) is 10.1 Å². The van der Waals surface area contributed by atoms with Crippen LogP contribution in [0.2, 0.25) is 0 Å². The Labute approximate surface area is 188 Å². The van der Waals surface area contributed by atoms with Gasteiger partial charge in [-0.05, 0) is 55.9 Å². The van der Waals surface area contributed by atoms with Gasteiger partial charge < -0.3 is 9.47 Å². The molecule has 5 nitrogen and oxygen atoms in total. The predicted octanol–water partition coefficient (Wildman–Crippen LogP) is 4.61. The number of halogens is 1. The van der Waals surface area contributed by atoms with Crippen molar-refractivity contribution < 1.29 is 12.8 Å². The topological polar surface area (TPSA) is 59.4 Å². The zero-order chi connectivity index (χ0) is 23.4. The molecule has 1 aliphatic rings. The van der Waals surface area contributed by atoms with Crippen LogP contribution in [0.25, 0.3) is 10.9 Å². The van der Waals surface area contributed by atoms with E-state index in [2.05, 4.69) is 13.8 Å². The Morgan fingerprint density at radius 2 is 1.66 bits per heavy atom. The zero-order valence-electron chi connectivity index (χ0n) is 19.1. The molecule has 1 aromatic heterocycles. The van der Waals surface area contributed by atoms with Gasteiger partial charge in [0.2, 0.25) is 15.3 Å². The zero-order valence-corrected chi connectivity index (χ0v) is 20.0. The fourth-order valence-electron chi connectivity index (χ4n) is 4.97. The molecular formula is C25H29FN2O3S. The SMILES string of the molecule is Cc1ccc(S(=O)(=O)c2cn(C)c3cc(N4C[C@@H](C)C[C@H](C)C4)c(F)cc3c2=O)c(C)c1. The van der Waals surface area contributed by atoms with Gasteiger partial charge in [0, 0.05) is 26.3 Å². The molecule has 3 aromatic rings. The molecule has 4 rings (SSSR count). The standard InChI is InChI=1S/C25H29FN2O3S/c1-15-6-7-23(18(4)9-15)32(30,31)24-14-27(5)21-11-22(20(26)10-19(21)25(24)29)28-12-16(2)8-17(3)13-28/h6-7,9-11,14,16-17H,8,12-13H2,1-5H3/t16-,17-/m0/s1. The van der Waals surface area contributed by atoms with Crippen LogP contribution < -0.4 is 10.3 Å². The fraction of sp³-hybridized carbons (Fsp3) is 0.400. The molecule has 0 amide bonds. The Bertz CT molecular complexity index is 1370. The van der Waals surface area contributed by atoms with Gasteiger partial charge in [-0.3, -0.25) is 4.79 Å². The van der Waals surface area contributed by atoms with Gasteiger partial charge in [-0.2, -0.15) is 0 Å². The van der Waals surface area contributed by atoms with Crippen LogP contribution in [0.15, 0.2) is 51.1 Å². The molecule has 170 valence electrons. The van der Waals surface area contributed by atoms with Crippen LogP contribution in [0.1, 0.15) is 31.4 Å². The first-order valence-corrected chi connectivity index (χ1v) is 12.4. The quantitative estimate of drug-likeness (QED) is 0.578. The molecule has 0 bridgehead atoms. The highest BCUT2D eigenvalue weighted by Gasteiger charge is 2.28. The molecule has 0 spiro atoms. The molecule has 1 saturated heterocycles. The maximum Gasteiger partial charge on any atom is 0.212 e. The van der Waals surface area contributed by atoms with Crippen LogP contribution in [0, 0.1) is 31.5 Å². The number of pyridine rings is 1. The maximum atomic E-state index is 15.2. The number of hydrogen-bond donors (Lipinski definition) is 0. The number of nitrogens with zero attached hydrogens (tertiary/aromatic N) is 2. The average Bonchev–Trinajstić information content (AvgIpc) is 2.69. The number of sulfone groups is 1. The summed E-state index contributed by atoms with van der Waals surface area (Å²) in [4.78, 5) is 15.0. The lowest BCUT2D eigenvalue weighted by Crippen LogP contribution is -2.39. The number of hydrogen-bond acceptors (Lipinski definition) is 4. The van der Waals surface area contributed by atoms with Gasteiger partial charge in [0.15, 0.2) is 0 Å². The first-order chi connectivity index (χ1) is 15.0. The normalized spacial score (nSPS) is 19.5. The van der Waals surface area contributed by atoms with E-state index in [1.165, 1.54) is 18.3 Å². The number of rotatable bonds is 3. The second-order valence-corrected chi connectivity index (χ2v) is 11.3. The number of fused-ring (bicyclic) bond motifs is 1. The summed E-state index contributed by atoms with van der Waals surface area (Å²) in [5, 5.41) is 0.0673. The molecule has 0 N–H and O–H groups in total. The minimum atomic E-state index is -4.06. The van der Waals surface area contributed by atoms with E-state index in [0.717, 1.165) is 25.1 Å². The Balaban J connectivity index is 1.88. The summed E-state index contributed by atoms with van der Waals surface area (Å²) in [6.07, 6.45) is 2.45.